The molecule has 86 valence electrons. The molecule has 0 aromatic heterocycles. The number of benzene rings is 1. The fourth-order valence-electron chi connectivity index (χ4n) is 3.50. The minimum absolute atomic E-state index is 0.0205. The van der Waals surface area contributed by atoms with Crippen LogP contribution >= 0.6 is 15.9 Å². The van der Waals surface area contributed by atoms with Crippen LogP contribution in [-0.2, 0) is 11.2 Å². The van der Waals surface area contributed by atoms with Gasteiger partial charge in [0.1, 0.15) is 0 Å². The predicted molar refractivity (Wildman–Crippen MR) is 68.8 cm³/mol. The summed E-state index contributed by atoms with van der Waals surface area (Å²) in [5.41, 5.74) is 3.00. The molecule has 1 aromatic rings. The van der Waals surface area contributed by atoms with Crippen LogP contribution in [0.3, 0.4) is 0 Å². The number of hydrogen-bond acceptors (Lipinski definition) is 1. The summed E-state index contributed by atoms with van der Waals surface area (Å²) in [4.78, 5) is 0. The third-order valence-corrected chi connectivity index (χ3v) is 4.46. The van der Waals surface area contributed by atoms with Crippen molar-refractivity contribution in [1.29, 1.82) is 0 Å². The Kier molecular flexibility index (Phi) is 2.10. The Morgan fingerprint density at radius 3 is 2.81 bits per heavy atom. The van der Waals surface area contributed by atoms with Gasteiger partial charge in [-0.05, 0) is 50.5 Å². The highest BCUT2D eigenvalue weighted by molar-refractivity contribution is 9.10. The van der Waals surface area contributed by atoms with Crippen LogP contribution in [-0.4, -0.2) is 11.2 Å². The van der Waals surface area contributed by atoms with E-state index < -0.39 is 0 Å². The van der Waals surface area contributed by atoms with Crippen LogP contribution < -0.4 is 0 Å². The third kappa shape index (κ3) is 1.46. The van der Waals surface area contributed by atoms with Gasteiger partial charge in [-0.25, -0.2) is 0 Å². The van der Waals surface area contributed by atoms with E-state index in [9.17, 15) is 0 Å². The van der Waals surface area contributed by atoms with Crippen molar-refractivity contribution in [2.45, 2.75) is 50.7 Å². The first-order chi connectivity index (χ1) is 7.40. The van der Waals surface area contributed by atoms with E-state index >= 15 is 0 Å². The van der Waals surface area contributed by atoms with Crippen molar-refractivity contribution < 1.29 is 4.74 Å². The first kappa shape index (κ1) is 10.8. The predicted octanol–water partition coefficient (Wildman–Crippen LogP) is 4.05. The molecule has 0 bridgehead atoms. The molecule has 0 radical (unpaired) electrons. The lowest BCUT2D eigenvalue weighted by molar-refractivity contribution is -0.0745. The average molecular weight is 281 g/mol. The van der Waals surface area contributed by atoms with Crippen LogP contribution in [0.4, 0.5) is 0 Å². The van der Waals surface area contributed by atoms with E-state index in [-0.39, 0.29) is 11.2 Å². The average Bonchev–Trinajstić information content (AvgIpc) is 2.48. The lowest BCUT2D eigenvalue weighted by atomic mass is 9.86. The molecule has 2 atom stereocenters. The Hall–Kier alpha value is -0.340. The number of halogens is 1. The maximum atomic E-state index is 6.27. The maximum absolute atomic E-state index is 6.27. The van der Waals surface area contributed by atoms with Crippen LogP contribution in [0.15, 0.2) is 22.7 Å². The fraction of sp³-hybridized carbons (Fsp3) is 0.571. The van der Waals surface area contributed by atoms with E-state index in [4.69, 9.17) is 4.74 Å². The molecule has 0 spiro atoms. The highest BCUT2D eigenvalue weighted by Crippen LogP contribution is 2.54. The molecule has 2 aliphatic rings. The summed E-state index contributed by atoms with van der Waals surface area (Å²) in [5, 5.41) is 0. The minimum Gasteiger partial charge on any atom is -0.368 e. The van der Waals surface area contributed by atoms with Gasteiger partial charge in [0.2, 0.25) is 0 Å². The van der Waals surface area contributed by atoms with Crippen LogP contribution in [0.1, 0.15) is 44.2 Å². The smallest absolute Gasteiger partial charge is 0.0771 e. The highest BCUT2D eigenvalue weighted by Gasteiger charge is 2.53. The van der Waals surface area contributed by atoms with Gasteiger partial charge in [-0.15, -0.1) is 0 Å². The first-order valence-corrected chi connectivity index (χ1v) is 6.67. The van der Waals surface area contributed by atoms with E-state index in [2.05, 4.69) is 54.9 Å². The van der Waals surface area contributed by atoms with Crippen molar-refractivity contribution in [3.8, 4) is 0 Å². The summed E-state index contributed by atoms with van der Waals surface area (Å²) in [5.74, 6) is 0.575. The van der Waals surface area contributed by atoms with Gasteiger partial charge in [-0.3, -0.25) is 0 Å². The fourth-order valence-corrected chi connectivity index (χ4v) is 3.90. The summed E-state index contributed by atoms with van der Waals surface area (Å²) in [7, 11) is 0. The van der Waals surface area contributed by atoms with Crippen molar-refractivity contribution in [3.63, 3.8) is 0 Å². The summed E-state index contributed by atoms with van der Waals surface area (Å²) < 4.78 is 7.44. The Labute approximate surface area is 105 Å². The van der Waals surface area contributed by atoms with E-state index in [1.54, 1.807) is 0 Å². The Balaban J connectivity index is 2.07. The molecular formula is C14H17BrO. The Morgan fingerprint density at radius 2 is 2.06 bits per heavy atom. The van der Waals surface area contributed by atoms with Crippen LogP contribution in [0, 0.1) is 0 Å². The molecule has 1 fully saturated rings. The van der Waals surface area contributed by atoms with Gasteiger partial charge in [-0.2, -0.15) is 0 Å². The van der Waals surface area contributed by atoms with Gasteiger partial charge in [0.25, 0.3) is 0 Å². The highest BCUT2D eigenvalue weighted by atomic mass is 79.9. The van der Waals surface area contributed by atoms with Crippen molar-refractivity contribution in [1.82, 2.24) is 0 Å². The third-order valence-electron chi connectivity index (χ3n) is 3.96. The van der Waals surface area contributed by atoms with E-state index in [0.29, 0.717) is 5.92 Å². The standard InChI is InChI=1S/C14H17BrO/c1-13(2)8-12-11-5-4-10(15)6-9(11)7-14(12,3)16-13/h4-6,12H,7-8H2,1-3H3/t12-,14+/m1/s1. The molecule has 1 aliphatic heterocycles. The summed E-state index contributed by atoms with van der Waals surface area (Å²) in [6.07, 6.45) is 2.19. The van der Waals surface area contributed by atoms with Crippen LogP contribution in [0.25, 0.3) is 0 Å². The second-order valence-electron chi connectivity index (χ2n) is 5.95. The molecule has 1 aromatic carbocycles. The number of rotatable bonds is 0. The molecule has 0 unspecified atom stereocenters. The molecule has 1 nitrogen and oxygen atoms in total. The Morgan fingerprint density at radius 1 is 1.31 bits per heavy atom. The molecule has 0 amide bonds. The van der Waals surface area contributed by atoms with E-state index in [1.807, 2.05) is 0 Å². The summed E-state index contributed by atoms with van der Waals surface area (Å²) >= 11 is 3.54. The molecule has 0 N–H and O–H groups in total. The van der Waals surface area contributed by atoms with Gasteiger partial charge in [0, 0.05) is 16.8 Å². The van der Waals surface area contributed by atoms with Crippen molar-refractivity contribution in [2.75, 3.05) is 0 Å². The summed E-state index contributed by atoms with van der Waals surface area (Å²) in [6, 6.07) is 6.66. The van der Waals surface area contributed by atoms with Crippen LogP contribution in [0.5, 0.6) is 0 Å². The lowest BCUT2D eigenvalue weighted by Gasteiger charge is -2.26. The lowest BCUT2D eigenvalue weighted by Crippen LogP contribution is -2.30. The number of hydrogen-bond donors (Lipinski definition) is 0. The van der Waals surface area contributed by atoms with Crippen molar-refractivity contribution >= 4 is 15.9 Å². The number of ether oxygens (including phenoxy) is 1. The second-order valence-corrected chi connectivity index (χ2v) is 6.87. The topological polar surface area (TPSA) is 9.23 Å². The van der Waals surface area contributed by atoms with Crippen LogP contribution in [0.2, 0.25) is 0 Å². The quantitative estimate of drug-likeness (QED) is 0.697. The zero-order valence-electron chi connectivity index (χ0n) is 10.0. The van der Waals surface area contributed by atoms with E-state index in [1.165, 1.54) is 15.6 Å². The first-order valence-electron chi connectivity index (χ1n) is 5.88. The zero-order chi connectivity index (χ0) is 11.6. The second kappa shape index (κ2) is 3.11. The molecule has 2 heteroatoms. The molecule has 1 heterocycles. The maximum Gasteiger partial charge on any atom is 0.0771 e. The minimum atomic E-state index is 0.0205. The molecule has 3 rings (SSSR count). The number of fused-ring (bicyclic) bond motifs is 3. The molecule has 1 saturated heterocycles. The molecule has 16 heavy (non-hydrogen) atoms. The van der Waals surface area contributed by atoms with Gasteiger partial charge in [0.15, 0.2) is 0 Å². The van der Waals surface area contributed by atoms with Gasteiger partial charge >= 0.3 is 0 Å². The normalized spacial score (nSPS) is 34.9. The molecule has 1 aliphatic carbocycles. The molecule has 0 saturated carbocycles. The molecular weight excluding hydrogens is 264 g/mol. The Bertz CT molecular complexity index is 452. The van der Waals surface area contributed by atoms with Gasteiger partial charge < -0.3 is 4.74 Å². The van der Waals surface area contributed by atoms with E-state index in [0.717, 1.165) is 12.8 Å². The largest absolute Gasteiger partial charge is 0.368 e. The SMILES string of the molecule is CC1(C)C[C@@H]2c3ccc(Br)cc3C[C@]2(C)O1. The summed E-state index contributed by atoms with van der Waals surface area (Å²) in [6.45, 7) is 6.67. The zero-order valence-corrected chi connectivity index (χ0v) is 11.6. The van der Waals surface area contributed by atoms with Crippen molar-refractivity contribution in [2.24, 2.45) is 0 Å². The monoisotopic (exact) mass is 280 g/mol. The van der Waals surface area contributed by atoms with Crippen molar-refractivity contribution in [3.05, 3.63) is 33.8 Å². The van der Waals surface area contributed by atoms with Gasteiger partial charge in [-0.1, -0.05) is 22.0 Å². The van der Waals surface area contributed by atoms with Gasteiger partial charge in [0.05, 0.1) is 11.2 Å².